The second-order valence-corrected chi connectivity index (χ2v) is 7.87. The summed E-state index contributed by atoms with van der Waals surface area (Å²) in [4.78, 5) is 8.41. The third kappa shape index (κ3) is 5.91. The number of anilines is 1. The summed E-state index contributed by atoms with van der Waals surface area (Å²) >= 11 is 1.88. The Balaban J connectivity index is 0.00000160. The molecule has 0 unspecified atom stereocenters. The van der Waals surface area contributed by atoms with Crippen molar-refractivity contribution in [2.24, 2.45) is 4.99 Å². The summed E-state index contributed by atoms with van der Waals surface area (Å²) in [5, 5.41) is 0. The highest BCUT2D eigenvalue weighted by Gasteiger charge is 2.13. The first-order valence-electron chi connectivity index (χ1n) is 9.60. The molecule has 0 aromatic heterocycles. The molecule has 2 nitrogen and oxygen atoms in total. The molecule has 5 heteroatoms. The molecule has 0 saturated heterocycles. The van der Waals surface area contributed by atoms with Crippen molar-refractivity contribution in [1.29, 1.82) is 0 Å². The van der Waals surface area contributed by atoms with Gasteiger partial charge in [0, 0.05) is 35.5 Å². The number of aliphatic imine (C=N–C) groups is 1. The Kier molecular flexibility index (Phi) is 9.51. The minimum absolute atomic E-state index is 0. The summed E-state index contributed by atoms with van der Waals surface area (Å²) < 4.78 is 0. The van der Waals surface area contributed by atoms with Crippen molar-refractivity contribution in [2.45, 2.75) is 10.6 Å². The van der Waals surface area contributed by atoms with Crippen molar-refractivity contribution in [3.63, 3.8) is 0 Å². The molecule has 0 amide bonds. The highest BCUT2D eigenvalue weighted by Crippen LogP contribution is 2.28. The molecule has 0 saturated carbocycles. The Bertz CT molecular complexity index is 1000. The van der Waals surface area contributed by atoms with Crippen LogP contribution >= 0.6 is 36.6 Å². The Hall–Kier alpha value is -2.20. The van der Waals surface area contributed by atoms with Gasteiger partial charge in [-0.3, -0.25) is 4.99 Å². The third-order valence-electron chi connectivity index (χ3n) is 4.89. The zero-order valence-electron chi connectivity index (χ0n) is 16.9. The lowest BCUT2D eigenvalue weighted by molar-refractivity contribution is 0.897. The number of benzene rings is 3. The number of allylic oxidation sites excluding steroid dienone is 1. The Morgan fingerprint density at radius 3 is 2.40 bits per heavy atom. The lowest BCUT2D eigenvalue weighted by Crippen LogP contribution is -2.20. The van der Waals surface area contributed by atoms with Crippen LogP contribution in [-0.4, -0.2) is 25.8 Å². The molecule has 1 aliphatic rings. The van der Waals surface area contributed by atoms with Crippen LogP contribution in [0.1, 0.15) is 16.7 Å². The maximum atomic E-state index is 4.83. The van der Waals surface area contributed by atoms with Crippen LogP contribution in [0.3, 0.4) is 0 Å². The number of halogens is 2. The van der Waals surface area contributed by atoms with Gasteiger partial charge < -0.3 is 4.90 Å². The van der Waals surface area contributed by atoms with Crippen LogP contribution in [-0.2, 0) is 5.75 Å². The van der Waals surface area contributed by atoms with E-state index in [1.54, 1.807) is 0 Å². The van der Waals surface area contributed by atoms with E-state index in [1.165, 1.54) is 27.3 Å². The monoisotopic (exact) mass is 456 g/mol. The molecular weight excluding hydrogens is 431 g/mol. The fraction of sp³-hybridized carbons (Fsp3) is 0.160. The van der Waals surface area contributed by atoms with Gasteiger partial charge in [-0.1, -0.05) is 72.8 Å². The largest absolute Gasteiger partial charge is 0.372 e. The second-order valence-electron chi connectivity index (χ2n) is 6.85. The summed E-state index contributed by atoms with van der Waals surface area (Å²) in [7, 11) is 2.14. The van der Waals surface area contributed by atoms with Crippen LogP contribution in [0.5, 0.6) is 0 Å². The molecule has 1 heterocycles. The molecule has 4 rings (SSSR count). The van der Waals surface area contributed by atoms with Crippen molar-refractivity contribution < 1.29 is 0 Å². The van der Waals surface area contributed by atoms with Crippen molar-refractivity contribution in [3.05, 3.63) is 102 Å². The number of rotatable bonds is 5. The molecule has 3 aromatic carbocycles. The SMILES string of the molecule is CN1CCN=C(C=Cc2ccccc2SCc2ccccc2)c2ccccc21.Cl.Cl. The first-order valence-corrected chi connectivity index (χ1v) is 10.6. The van der Waals surface area contributed by atoms with Gasteiger partial charge in [0.2, 0.25) is 0 Å². The number of likely N-dealkylation sites (N-methyl/N-ethyl adjacent to an activating group) is 1. The number of nitrogens with zero attached hydrogens (tertiary/aromatic N) is 2. The highest BCUT2D eigenvalue weighted by atomic mass is 35.5. The molecular formula is C25H26Cl2N2S. The normalized spacial score (nSPS) is 13.0. The van der Waals surface area contributed by atoms with Crippen molar-refractivity contribution in [3.8, 4) is 0 Å². The number of para-hydroxylation sites is 1. The van der Waals surface area contributed by atoms with Crippen molar-refractivity contribution in [2.75, 3.05) is 25.0 Å². The van der Waals surface area contributed by atoms with Gasteiger partial charge in [0.05, 0.1) is 12.3 Å². The van der Waals surface area contributed by atoms with Crippen LogP contribution in [0.25, 0.3) is 6.08 Å². The molecule has 3 aromatic rings. The zero-order chi connectivity index (χ0) is 19.2. The lowest BCUT2D eigenvalue weighted by atomic mass is 10.1. The number of thioether (sulfide) groups is 1. The summed E-state index contributed by atoms with van der Waals surface area (Å²) in [5.74, 6) is 0.972. The predicted molar refractivity (Wildman–Crippen MR) is 137 cm³/mol. The van der Waals surface area contributed by atoms with Crippen molar-refractivity contribution >= 4 is 54.1 Å². The number of hydrogen-bond acceptors (Lipinski definition) is 3. The van der Waals surface area contributed by atoms with Gasteiger partial charge >= 0.3 is 0 Å². The first kappa shape index (κ1) is 24.1. The Labute approximate surface area is 195 Å². The molecule has 156 valence electrons. The van der Waals surface area contributed by atoms with E-state index in [-0.39, 0.29) is 24.8 Å². The van der Waals surface area contributed by atoms with E-state index in [1.807, 2.05) is 11.8 Å². The lowest BCUT2D eigenvalue weighted by Gasteiger charge is -2.18. The number of hydrogen-bond donors (Lipinski definition) is 0. The van der Waals surface area contributed by atoms with Crippen LogP contribution in [0, 0.1) is 0 Å². The minimum Gasteiger partial charge on any atom is -0.372 e. The molecule has 0 fully saturated rings. The van der Waals surface area contributed by atoms with Crippen molar-refractivity contribution in [1.82, 2.24) is 0 Å². The van der Waals surface area contributed by atoms with E-state index in [0.717, 1.165) is 24.6 Å². The van der Waals surface area contributed by atoms with Crippen LogP contribution in [0.15, 0.2) is 94.8 Å². The van der Waals surface area contributed by atoms with E-state index < -0.39 is 0 Å². The van der Waals surface area contributed by atoms with Gasteiger partial charge in [0.15, 0.2) is 0 Å². The average molecular weight is 457 g/mol. The summed E-state index contributed by atoms with van der Waals surface area (Å²) in [6.45, 7) is 1.76. The molecule has 1 aliphatic heterocycles. The molecule has 0 atom stereocenters. The molecule has 0 bridgehead atoms. The number of benzodiazepines with no additional fused rings is 1. The molecule has 0 aliphatic carbocycles. The van der Waals surface area contributed by atoms with Crippen LogP contribution in [0.4, 0.5) is 5.69 Å². The zero-order valence-corrected chi connectivity index (χ0v) is 19.4. The maximum absolute atomic E-state index is 4.83. The van der Waals surface area contributed by atoms with Gasteiger partial charge in [-0.2, -0.15) is 0 Å². The van der Waals surface area contributed by atoms with E-state index in [9.17, 15) is 0 Å². The van der Waals surface area contributed by atoms with Crippen LogP contribution in [0.2, 0.25) is 0 Å². The summed E-state index contributed by atoms with van der Waals surface area (Å²) in [5.41, 5.74) is 6.09. The molecule has 0 spiro atoms. The fourth-order valence-corrected chi connectivity index (χ4v) is 4.34. The predicted octanol–water partition coefficient (Wildman–Crippen LogP) is 6.77. The smallest absolute Gasteiger partial charge is 0.0668 e. The van der Waals surface area contributed by atoms with Gasteiger partial charge in [0.25, 0.3) is 0 Å². The highest BCUT2D eigenvalue weighted by molar-refractivity contribution is 7.98. The summed E-state index contributed by atoms with van der Waals surface area (Å²) in [6, 6.07) is 27.7. The number of fused-ring (bicyclic) bond motifs is 1. The first-order chi connectivity index (χ1) is 13.8. The van der Waals surface area contributed by atoms with E-state index in [0.29, 0.717) is 0 Å². The van der Waals surface area contributed by atoms with E-state index in [2.05, 4.69) is 103 Å². The van der Waals surface area contributed by atoms with E-state index in [4.69, 9.17) is 4.99 Å². The van der Waals surface area contributed by atoms with Gasteiger partial charge in [-0.15, -0.1) is 36.6 Å². The molecule has 0 radical (unpaired) electrons. The van der Waals surface area contributed by atoms with Gasteiger partial charge in [-0.05, 0) is 29.3 Å². The standard InChI is InChI=1S/C25H24N2S.2ClH/c1-27-18-17-26-23(22-12-6-7-13-24(22)27)16-15-21-11-5-8-14-25(21)28-19-20-9-3-2-4-10-20;;/h2-16H,17-19H2,1H3;2*1H. The second kappa shape index (κ2) is 11.8. The van der Waals surface area contributed by atoms with Crippen LogP contribution < -0.4 is 4.90 Å². The minimum atomic E-state index is 0. The third-order valence-corrected chi connectivity index (χ3v) is 6.05. The average Bonchev–Trinajstić information content (AvgIpc) is 2.91. The molecule has 0 N–H and O–H groups in total. The van der Waals surface area contributed by atoms with Gasteiger partial charge in [-0.25, -0.2) is 0 Å². The van der Waals surface area contributed by atoms with E-state index >= 15 is 0 Å². The fourth-order valence-electron chi connectivity index (χ4n) is 3.35. The Morgan fingerprint density at radius 1 is 0.867 bits per heavy atom. The molecule has 30 heavy (non-hydrogen) atoms. The quantitative estimate of drug-likeness (QED) is 0.393. The summed E-state index contributed by atoms with van der Waals surface area (Å²) in [6.07, 6.45) is 4.37. The Morgan fingerprint density at radius 2 is 1.57 bits per heavy atom. The topological polar surface area (TPSA) is 15.6 Å². The van der Waals surface area contributed by atoms with Gasteiger partial charge in [0.1, 0.15) is 0 Å². The maximum Gasteiger partial charge on any atom is 0.0668 e.